The molecule has 0 spiro atoms. The first-order valence-corrected chi connectivity index (χ1v) is 4.08. The van der Waals surface area contributed by atoms with E-state index in [2.05, 4.69) is 4.65 Å². The highest BCUT2D eigenvalue weighted by Crippen LogP contribution is 2.27. The summed E-state index contributed by atoms with van der Waals surface area (Å²) in [7, 11) is 4.84. The zero-order valence-electron chi connectivity index (χ0n) is 6.77. The highest BCUT2D eigenvalue weighted by molar-refractivity contribution is 5.97. The minimum absolute atomic E-state index is 0.0129. The fourth-order valence-corrected chi connectivity index (χ4v) is 1.70. The molecule has 0 aromatic rings. The lowest BCUT2D eigenvalue weighted by atomic mass is 10.1. The molecule has 5 heteroatoms. The van der Waals surface area contributed by atoms with Gasteiger partial charge in [0.25, 0.3) is 8.05 Å². The first-order chi connectivity index (χ1) is 5.92. The number of fused-ring (bicyclic) bond motifs is 1. The minimum Gasteiger partial charge on any atom is -0.427 e. The predicted octanol–water partition coefficient (Wildman–Crippen LogP) is -0.383. The molecule has 4 nitrogen and oxygen atoms in total. The van der Waals surface area contributed by atoms with Crippen LogP contribution in [0.2, 0.25) is 0 Å². The number of hydrogen-bond donors (Lipinski definition) is 0. The number of hydrogen-bond acceptors (Lipinski definition) is 4. The highest BCUT2D eigenvalue weighted by atomic mass is 16.7. The minimum atomic E-state index is -0.0129. The summed E-state index contributed by atoms with van der Waals surface area (Å²) in [5, 5.41) is 0. The van der Waals surface area contributed by atoms with Crippen molar-refractivity contribution in [1.82, 2.24) is 0 Å². The van der Waals surface area contributed by atoms with Crippen LogP contribution in [0, 0.1) is 0 Å². The van der Waals surface area contributed by atoms with E-state index in [9.17, 15) is 0 Å². The van der Waals surface area contributed by atoms with Crippen LogP contribution in [-0.2, 0) is 18.9 Å². The summed E-state index contributed by atoms with van der Waals surface area (Å²) >= 11 is 0. The van der Waals surface area contributed by atoms with Crippen LogP contribution in [0.3, 0.4) is 0 Å². The van der Waals surface area contributed by atoms with Gasteiger partial charge in [0.15, 0.2) is 0 Å². The molecule has 0 aromatic carbocycles. The first kappa shape index (κ1) is 8.50. The standard InChI is InChI=1S/C7H11BO4/c8-12-4-11-6-3-10-5-1-2-9-7(5)6/h5-7H,1-4H2/t5-,6?,7+/m1/s1. The largest absolute Gasteiger partial charge is 0.427 e. The third-order valence-corrected chi connectivity index (χ3v) is 2.27. The van der Waals surface area contributed by atoms with Crippen molar-refractivity contribution >= 4 is 8.05 Å². The van der Waals surface area contributed by atoms with Gasteiger partial charge in [0.2, 0.25) is 0 Å². The maximum absolute atomic E-state index is 5.44. The molecule has 2 radical (unpaired) electrons. The second kappa shape index (κ2) is 3.74. The van der Waals surface area contributed by atoms with Crippen molar-refractivity contribution in [3.8, 4) is 0 Å². The zero-order valence-corrected chi connectivity index (χ0v) is 6.77. The lowest BCUT2D eigenvalue weighted by Gasteiger charge is -2.15. The molecule has 0 aromatic heterocycles. The Bertz CT molecular complexity index is 154. The van der Waals surface area contributed by atoms with Crippen LogP contribution in [0.4, 0.5) is 0 Å². The Labute approximate surface area is 72.6 Å². The van der Waals surface area contributed by atoms with Gasteiger partial charge in [0, 0.05) is 6.61 Å². The summed E-state index contributed by atoms with van der Waals surface area (Å²) in [6.07, 6.45) is 1.25. The lowest BCUT2D eigenvalue weighted by Crippen LogP contribution is -2.30. The molecule has 3 atom stereocenters. The Morgan fingerprint density at radius 3 is 3.17 bits per heavy atom. The van der Waals surface area contributed by atoms with Gasteiger partial charge in [-0.3, -0.25) is 0 Å². The molecular weight excluding hydrogens is 159 g/mol. The van der Waals surface area contributed by atoms with Crippen molar-refractivity contribution in [2.75, 3.05) is 20.0 Å². The van der Waals surface area contributed by atoms with Gasteiger partial charge < -0.3 is 18.9 Å². The van der Waals surface area contributed by atoms with Crippen molar-refractivity contribution in [2.45, 2.75) is 24.7 Å². The monoisotopic (exact) mass is 170 g/mol. The molecule has 12 heavy (non-hydrogen) atoms. The molecule has 2 heterocycles. The number of rotatable bonds is 3. The van der Waals surface area contributed by atoms with Crippen LogP contribution >= 0.6 is 0 Å². The van der Waals surface area contributed by atoms with Gasteiger partial charge in [-0.25, -0.2) is 0 Å². The molecule has 0 amide bonds. The Hall–Kier alpha value is -0.0951. The summed E-state index contributed by atoms with van der Waals surface area (Å²) in [6.45, 7) is 1.44. The molecule has 66 valence electrons. The van der Waals surface area contributed by atoms with Crippen molar-refractivity contribution < 1.29 is 18.9 Å². The van der Waals surface area contributed by atoms with Crippen LogP contribution in [0.15, 0.2) is 0 Å². The van der Waals surface area contributed by atoms with E-state index in [1.165, 1.54) is 0 Å². The van der Waals surface area contributed by atoms with Crippen LogP contribution in [0.1, 0.15) is 6.42 Å². The predicted molar refractivity (Wildman–Crippen MR) is 40.7 cm³/mol. The maximum Gasteiger partial charge on any atom is 0.285 e. The summed E-state index contributed by atoms with van der Waals surface area (Å²) in [6, 6.07) is 0. The van der Waals surface area contributed by atoms with E-state index >= 15 is 0 Å². The molecule has 0 N–H and O–H groups in total. The summed E-state index contributed by atoms with van der Waals surface area (Å²) in [5.41, 5.74) is 0. The topological polar surface area (TPSA) is 36.9 Å². The van der Waals surface area contributed by atoms with E-state index in [1.54, 1.807) is 0 Å². The fraction of sp³-hybridized carbons (Fsp3) is 1.00. The Morgan fingerprint density at radius 1 is 1.42 bits per heavy atom. The molecule has 2 saturated heterocycles. The normalized spacial score (nSPS) is 40.2. The van der Waals surface area contributed by atoms with Gasteiger partial charge in [0.05, 0.1) is 12.7 Å². The van der Waals surface area contributed by atoms with Crippen molar-refractivity contribution in [1.29, 1.82) is 0 Å². The van der Waals surface area contributed by atoms with E-state index in [4.69, 9.17) is 22.3 Å². The quantitative estimate of drug-likeness (QED) is 0.427. The van der Waals surface area contributed by atoms with Crippen LogP contribution in [-0.4, -0.2) is 46.4 Å². The smallest absolute Gasteiger partial charge is 0.285 e. The average molecular weight is 170 g/mol. The number of ether oxygens (including phenoxy) is 3. The molecular formula is C7H11BO4. The molecule has 1 unspecified atom stereocenters. The third-order valence-electron chi connectivity index (χ3n) is 2.27. The van der Waals surface area contributed by atoms with Crippen molar-refractivity contribution in [3.05, 3.63) is 0 Å². The van der Waals surface area contributed by atoms with E-state index in [0.29, 0.717) is 6.61 Å². The Morgan fingerprint density at radius 2 is 2.33 bits per heavy atom. The molecule has 2 aliphatic rings. The van der Waals surface area contributed by atoms with Gasteiger partial charge >= 0.3 is 0 Å². The Kier molecular flexibility index (Phi) is 2.65. The van der Waals surface area contributed by atoms with Crippen LogP contribution < -0.4 is 0 Å². The van der Waals surface area contributed by atoms with Gasteiger partial charge in [-0.1, -0.05) is 0 Å². The Balaban J connectivity index is 1.83. The van der Waals surface area contributed by atoms with Gasteiger partial charge in [-0.15, -0.1) is 0 Å². The molecule has 0 bridgehead atoms. The fourth-order valence-electron chi connectivity index (χ4n) is 1.70. The van der Waals surface area contributed by atoms with E-state index in [1.807, 2.05) is 0 Å². The van der Waals surface area contributed by atoms with Crippen LogP contribution in [0.25, 0.3) is 0 Å². The summed E-state index contributed by atoms with van der Waals surface area (Å²) in [5.74, 6) is 0. The molecule has 0 aliphatic carbocycles. The van der Waals surface area contributed by atoms with Crippen LogP contribution in [0.5, 0.6) is 0 Å². The SMILES string of the molecule is [B]OCOC1CO[C@@H]2CCO[C@H]12. The second-order valence-electron chi connectivity index (χ2n) is 2.99. The molecule has 2 aliphatic heterocycles. The van der Waals surface area contributed by atoms with Gasteiger partial charge in [-0.05, 0) is 6.42 Å². The average Bonchev–Trinajstić information content (AvgIpc) is 2.62. The van der Waals surface area contributed by atoms with E-state index < -0.39 is 0 Å². The van der Waals surface area contributed by atoms with Gasteiger partial charge in [0.1, 0.15) is 19.0 Å². The highest BCUT2D eigenvalue weighted by Gasteiger charge is 2.42. The molecule has 0 saturated carbocycles. The molecule has 2 rings (SSSR count). The van der Waals surface area contributed by atoms with Crippen molar-refractivity contribution in [3.63, 3.8) is 0 Å². The summed E-state index contributed by atoms with van der Waals surface area (Å²) in [4.78, 5) is 0. The van der Waals surface area contributed by atoms with Crippen molar-refractivity contribution in [2.24, 2.45) is 0 Å². The van der Waals surface area contributed by atoms with E-state index in [0.717, 1.165) is 13.0 Å². The first-order valence-electron chi connectivity index (χ1n) is 4.08. The summed E-state index contributed by atoms with van der Waals surface area (Å²) < 4.78 is 20.5. The second-order valence-corrected chi connectivity index (χ2v) is 2.99. The molecule has 2 fully saturated rings. The van der Waals surface area contributed by atoms with Gasteiger partial charge in [-0.2, -0.15) is 0 Å². The van der Waals surface area contributed by atoms with E-state index in [-0.39, 0.29) is 25.1 Å². The zero-order chi connectivity index (χ0) is 8.39. The third kappa shape index (κ3) is 1.50. The lowest BCUT2D eigenvalue weighted by molar-refractivity contribution is -0.0792. The maximum atomic E-state index is 5.44.